The van der Waals surface area contributed by atoms with Gasteiger partial charge < -0.3 is 9.64 Å². The van der Waals surface area contributed by atoms with E-state index in [2.05, 4.69) is 11.8 Å². The molecule has 0 aliphatic carbocycles. The summed E-state index contributed by atoms with van der Waals surface area (Å²) in [6.07, 6.45) is 0. The number of hydrogen-bond acceptors (Lipinski definition) is 3. The first kappa shape index (κ1) is 12.7. The Bertz CT molecular complexity index is 361. The Morgan fingerprint density at radius 1 is 1.38 bits per heavy atom. The topological polar surface area (TPSA) is 29.5 Å². The third-order valence-electron chi connectivity index (χ3n) is 2.68. The zero-order chi connectivity index (χ0) is 12.1. The summed E-state index contributed by atoms with van der Waals surface area (Å²) in [6, 6.07) is 7.78. The molecule has 1 atom stereocenters. The van der Waals surface area contributed by atoms with Crippen LogP contribution in [0.25, 0.3) is 0 Å². The van der Waals surface area contributed by atoms with Crippen molar-refractivity contribution in [1.82, 2.24) is 4.90 Å². The number of rotatable bonds is 4. The van der Waals surface area contributed by atoms with Gasteiger partial charge in [0.2, 0.25) is 0 Å². The highest BCUT2D eigenvalue weighted by molar-refractivity contribution is 5.91. The van der Waals surface area contributed by atoms with Crippen molar-refractivity contribution in [3.8, 4) is 0 Å². The lowest BCUT2D eigenvalue weighted by atomic mass is 10.0. The van der Waals surface area contributed by atoms with Crippen molar-refractivity contribution in [2.75, 3.05) is 20.7 Å². The van der Waals surface area contributed by atoms with Gasteiger partial charge in [0.15, 0.2) is 0 Å². The quantitative estimate of drug-likeness (QED) is 0.731. The highest BCUT2D eigenvalue weighted by Crippen LogP contribution is 2.22. The van der Waals surface area contributed by atoms with Crippen molar-refractivity contribution < 1.29 is 9.53 Å². The van der Waals surface area contributed by atoms with Gasteiger partial charge in [-0.05, 0) is 39.6 Å². The van der Waals surface area contributed by atoms with Gasteiger partial charge in [0, 0.05) is 6.04 Å². The van der Waals surface area contributed by atoms with Crippen LogP contribution >= 0.6 is 0 Å². The summed E-state index contributed by atoms with van der Waals surface area (Å²) < 4.78 is 5.04. The molecule has 0 saturated carbocycles. The summed E-state index contributed by atoms with van der Waals surface area (Å²) in [4.78, 5) is 13.8. The average molecular weight is 221 g/mol. The van der Waals surface area contributed by atoms with E-state index >= 15 is 0 Å². The molecule has 88 valence electrons. The van der Waals surface area contributed by atoms with Gasteiger partial charge in [-0.15, -0.1) is 0 Å². The van der Waals surface area contributed by atoms with Crippen molar-refractivity contribution in [3.63, 3.8) is 0 Å². The molecule has 0 radical (unpaired) electrons. The SMILES string of the molecule is CCOC(=O)c1ccccc1C(C)N(C)C. The second kappa shape index (κ2) is 5.66. The Balaban J connectivity index is 3.05. The molecule has 0 aliphatic rings. The Labute approximate surface area is 97.0 Å². The summed E-state index contributed by atoms with van der Waals surface area (Å²) in [5.41, 5.74) is 1.66. The standard InChI is InChI=1S/C13H19NO2/c1-5-16-13(15)12-9-7-6-8-11(12)10(2)14(3)4/h6-10H,5H2,1-4H3. The van der Waals surface area contributed by atoms with Crippen LogP contribution in [-0.4, -0.2) is 31.6 Å². The van der Waals surface area contributed by atoms with Gasteiger partial charge in [-0.25, -0.2) is 4.79 Å². The van der Waals surface area contributed by atoms with E-state index in [1.807, 2.05) is 45.3 Å². The molecule has 1 aromatic carbocycles. The molecule has 0 spiro atoms. The van der Waals surface area contributed by atoms with Crippen LogP contribution in [0.2, 0.25) is 0 Å². The van der Waals surface area contributed by atoms with Crippen molar-refractivity contribution in [3.05, 3.63) is 35.4 Å². The van der Waals surface area contributed by atoms with Crippen LogP contribution in [-0.2, 0) is 4.74 Å². The zero-order valence-corrected chi connectivity index (χ0v) is 10.4. The molecule has 0 amide bonds. The maximum Gasteiger partial charge on any atom is 0.338 e. The fourth-order valence-electron chi connectivity index (χ4n) is 1.53. The van der Waals surface area contributed by atoms with E-state index < -0.39 is 0 Å². The van der Waals surface area contributed by atoms with Crippen molar-refractivity contribution in [1.29, 1.82) is 0 Å². The highest BCUT2D eigenvalue weighted by atomic mass is 16.5. The number of hydrogen-bond donors (Lipinski definition) is 0. The van der Waals surface area contributed by atoms with Gasteiger partial charge in [0.1, 0.15) is 0 Å². The van der Waals surface area contributed by atoms with Gasteiger partial charge in [-0.3, -0.25) is 0 Å². The summed E-state index contributed by atoms with van der Waals surface area (Å²) in [5.74, 6) is -0.244. The van der Waals surface area contributed by atoms with E-state index in [9.17, 15) is 4.79 Å². The molecule has 1 aromatic rings. The molecule has 16 heavy (non-hydrogen) atoms. The molecule has 0 N–H and O–H groups in total. The van der Waals surface area contributed by atoms with Gasteiger partial charge in [0.05, 0.1) is 12.2 Å². The van der Waals surface area contributed by atoms with E-state index in [-0.39, 0.29) is 12.0 Å². The molecule has 0 aromatic heterocycles. The Morgan fingerprint density at radius 2 is 2.00 bits per heavy atom. The van der Waals surface area contributed by atoms with E-state index in [1.165, 1.54) is 0 Å². The summed E-state index contributed by atoms with van der Waals surface area (Å²) in [7, 11) is 3.99. The van der Waals surface area contributed by atoms with Crippen LogP contribution in [0, 0.1) is 0 Å². The molecule has 3 heteroatoms. The smallest absolute Gasteiger partial charge is 0.338 e. The first-order valence-electron chi connectivity index (χ1n) is 5.50. The third-order valence-corrected chi connectivity index (χ3v) is 2.68. The van der Waals surface area contributed by atoms with Crippen LogP contribution in [0.3, 0.4) is 0 Å². The Kier molecular flexibility index (Phi) is 4.50. The molecule has 0 heterocycles. The van der Waals surface area contributed by atoms with Crippen LogP contribution in [0.5, 0.6) is 0 Å². The minimum absolute atomic E-state index is 0.195. The lowest BCUT2D eigenvalue weighted by Gasteiger charge is -2.22. The first-order valence-corrected chi connectivity index (χ1v) is 5.50. The molecular formula is C13H19NO2. The van der Waals surface area contributed by atoms with Crippen molar-refractivity contribution in [2.24, 2.45) is 0 Å². The van der Waals surface area contributed by atoms with Gasteiger partial charge in [0.25, 0.3) is 0 Å². The highest BCUT2D eigenvalue weighted by Gasteiger charge is 2.17. The van der Waals surface area contributed by atoms with Gasteiger partial charge in [-0.2, -0.15) is 0 Å². The fourth-order valence-corrected chi connectivity index (χ4v) is 1.53. The zero-order valence-electron chi connectivity index (χ0n) is 10.4. The Morgan fingerprint density at radius 3 is 2.56 bits per heavy atom. The lowest BCUT2D eigenvalue weighted by molar-refractivity contribution is 0.0523. The number of nitrogens with zero attached hydrogens (tertiary/aromatic N) is 1. The molecule has 0 fully saturated rings. The monoisotopic (exact) mass is 221 g/mol. The number of ether oxygens (including phenoxy) is 1. The summed E-state index contributed by atoms with van der Waals surface area (Å²) in [5, 5.41) is 0. The molecular weight excluding hydrogens is 202 g/mol. The van der Waals surface area contributed by atoms with Gasteiger partial charge >= 0.3 is 5.97 Å². The molecule has 1 rings (SSSR count). The maximum absolute atomic E-state index is 11.8. The second-order valence-electron chi connectivity index (χ2n) is 3.95. The summed E-state index contributed by atoms with van der Waals surface area (Å²) >= 11 is 0. The molecule has 0 saturated heterocycles. The number of carbonyl (C=O) groups is 1. The van der Waals surface area contributed by atoms with E-state index in [0.717, 1.165) is 5.56 Å². The maximum atomic E-state index is 11.8. The van der Waals surface area contributed by atoms with Crippen LogP contribution in [0.4, 0.5) is 0 Å². The lowest BCUT2D eigenvalue weighted by Crippen LogP contribution is -2.20. The predicted octanol–water partition coefficient (Wildman–Crippen LogP) is 2.49. The van der Waals surface area contributed by atoms with E-state index in [0.29, 0.717) is 12.2 Å². The second-order valence-corrected chi connectivity index (χ2v) is 3.95. The molecule has 1 unspecified atom stereocenters. The minimum Gasteiger partial charge on any atom is -0.462 e. The van der Waals surface area contributed by atoms with E-state index in [4.69, 9.17) is 4.74 Å². The van der Waals surface area contributed by atoms with Crippen molar-refractivity contribution >= 4 is 5.97 Å². The third kappa shape index (κ3) is 2.83. The summed E-state index contributed by atoms with van der Waals surface area (Å²) in [6.45, 7) is 4.29. The number of esters is 1. The van der Waals surface area contributed by atoms with Crippen LogP contribution in [0.1, 0.15) is 35.8 Å². The number of benzene rings is 1. The Hall–Kier alpha value is -1.35. The predicted molar refractivity (Wildman–Crippen MR) is 64.5 cm³/mol. The largest absolute Gasteiger partial charge is 0.462 e. The van der Waals surface area contributed by atoms with Crippen LogP contribution < -0.4 is 0 Å². The molecule has 0 aliphatic heterocycles. The van der Waals surface area contributed by atoms with Gasteiger partial charge in [-0.1, -0.05) is 18.2 Å². The molecule has 0 bridgehead atoms. The first-order chi connectivity index (χ1) is 7.57. The van der Waals surface area contributed by atoms with E-state index in [1.54, 1.807) is 0 Å². The van der Waals surface area contributed by atoms with Crippen LogP contribution in [0.15, 0.2) is 24.3 Å². The normalized spacial score (nSPS) is 12.6. The fraction of sp³-hybridized carbons (Fsp3) is 0.462. The minimum atomic E-state index is -0.244. The number of carbonyl (C=O) groups excluding carboxylic acids is 1. The molecule has 3 nitrogen and oxygen atoms in total. The van der Waals surface area contributed by atoms with Crippen molar-refractivity contribution in [2.45, 2.75) is 19.9 Å². The average Bonchev–Trinajstić information content (AvgIpc) is 2.28.